The van der Waals surface area contributed by atoms with Crippen molar-refractivity contribution in [1.82, 2.24) is 26.2 Å². The maximum absolute atomic E-state index is 13.2. The Bertz CT molecular complexity index is 3030. The first-order valence-corrected chi connectivity index (χ1v) is 33.8. The van der Waals surface area contributed by atoms with Gasteiger partial charge in [0.05, 0.1) is 67.8 Å². The number of aliphatic hydroxyl groups excluding tert-OH is 12. The molecule has 2 aromatic rings. The van der Waals surface area contributed by atoms with Crippen molar-refractivity contribution < 1.29 is 142 Å². The summed E-state index contributed by atoms with van der Waals surface area (Å²) in [5.41, 5.74) is 30.9. The Balaban J connectivity index is 0.000000249. The number of carbonyl (C=O) groups is 4. The van der Waals surface area contributed by atoms with Gasteiger partial charge in [0.2, 0.25) is 0 Å². The first kappa shape index (κ1) is 81.7. The number of ether oxygens (including phenoxy) is 13. The van der Waals surface area contributed by atoms with Gasteiger partial charge in [-0.1, -0.05) is 75.0 Å². The number of nitrogens with two attached hydrogens (primary N) is 5. The van der Waals surface area contributed by atoms with Gasteiger partial charge in [0, 0.05) is 31.6 Å². The van der Waals surface area contributed by atoms with Crippen molar-refractivity contribution in [2.75, 3.05) is 33.9 Å². The summed E-state index contributed by atoms with van der Waals surface area (Å²) in [6.45, 7) is 0.0320. The van der Waals surface area contributed by atoms with Gasteiger partial charge in [-0.2, -0.15) is 0 Å². The fourth-order valence-corrected chi connectivity index (χ4v) is 14.2. The molecule has 11 rings (SSSR count). The molecule has 2 saturated carbocycles. The average Bonchev–Trinajstić information content (AvgIpc) is 1.48. The third-order valence-electron chi connectivity index (χ3n) is 20.0. The van der Waals surface area contributed by atoms with Crippen molar-refractivity contribution in [3.05, 3.63) is 71.8 Å². The van der Waals surface area contributed by atoms with Gasteiger partial charge in [0.25, 0.3) is 5.91 Å². The molecule has 582 valence electrons. The smallest absolute Gasteiger partial charge is 0.410 e. The third kappa shape index (κ3) is 18.4. The van der Waals surface area contributed by atoms with Gasteiger partial charge < -0.3 is 173 Å². The molecule has 9 aliphatic rings. The lowest BCUT2D eigenvalue weighted by Crippen LogP contribution is -2.70. The van der Waals surface area contributed by atoms with E-state index >= 15 is 0 Å². The largest absolute Gasteiger partial charge is 0.445 e. The van der Waals surface area contributed by atoms with E-state index in [0.717, 1.165) is 11.1 Å². The van der Waals surface area contributed by atoms with Crippen molar-refractivity contribution >= 4 is 24.2 Å². The van der Waals surface area contributed by atoms with Gasteiger partial charge in [0.1, 0.15) is 111 Å². The lowest BCUT2D eigenvalue weighted by molar-refractivity contribution is -0.375. The number of alkyl carbamates (subject to hydrolysis) is 2. The zero-order valence-electron chi connectivity index (χ0n) is 56.0. The molecular formula is C64H102N10O29. The minimum atomic E-state index is -1.75. The SMILES string of the molecule is C.CC1C[C@@H]2OC(O[C@H]3OC(CO)[C@@H](N)[C@H](O)C3O)C3C(OC(=O)N3C)C2O[C@@H]1O[C@@H]1C(NC(=O)OCc2ccccc2)C[C@@H](NC(=O)OCc2ccccc2)C(O)[C@H]1O.CNC1C(O[C@H]2OC(CO)[C@@H](NC(=O)[C@@H](O)CN)[C@H](O)C2O)O[C@H]2CC(N)[C@@H](O[C@@H]3C(N)C[C@@H](N)C(O)[C@H]3O)OC2C1O. The molecule has 7 heterocycles. The molecule has 35 atom stereocenters. The van der Waals surface area contributed by atoms with Crippen LogP contribution in [0.1, 0.15) is 51.2 Å². The number of likely N-dealkylation sites (N-methyl/N-ethyl adjacent to an activating group) is 2. The monoisotopic (exact) mass is 1470 g/mol. The average molecular weight is 1480 g/mol. The molecule has 0 radical (unpaired) electrons. The Hall–Kier alpha value is -5.40. The molecule has 26 N–H and O–H groups in total. The van der Waals surface area contributed by atoms with Gasteiger partial charge >= 0.3 is 18.3 Å². The summed E-state index contributed by atoms with van der Waals surface area (Å²) in [6.07, 6.45) is -34.4. The molecule has 2 aliphatic carbocycles. The summed E-state index contributed by atoms with van der Waals surface area (Å²) in [5, 5.41) is 137. The quantitative estimate of drug-likeness (QED) is 0.0548. The van der Waals surface area contributed by atoms with Crippen LogP contribution in [0.25, 0.3) is 0 Å². The highest BCUT2D eigenvalue weighted by Gasteiger charge is 2.62. The van der Waals surface area contributed by atoms with Gasteiger partial charge in [-0.25, -0.2) is 14.4 Å². The summed E-state index contributed by atoms with van der Waals surface area (Å²) >= 11 is 0. The summed E-state index contributed by atoms with van der Waals surface area (Å²) in [4.78, 5) is 52.3. The molecular weight excluding hydrogens is 1370 g/mol. The normalized spacial score (nSPS) is 43.2. The zero-order chi connectivity index (χ0) is 73.7. The molecule has 7 saturated heterocycles. The van der Waals surface area contributed by atoms with Crippen LogP contribution in [0.15, 0.2) is 60.7 Å². The number of fused-ring (bicyclic) bond motifs is 4. The molecule has 39 heteroatoms. The first-order valence-electron chi connectivity index (χ1n) is 33.8. The predicted octanol–water partition coefficient (Wildman–Crippen LogP) is -8.67. The number of hydrogen-bond donors (Lipinski definition) is 21. The van der Waals surface area contributed by atoms with Crippen LogP contribution in [-0.4, -0.2) is 332 Å². The van der Waals surface area contributed by atoms with Crippen LogP contribution < -0.4 is 49.9 Å². The number of hydrogen-bond acceptors (Lipinski definition) is 35. The topological polar surface area (TPSA) is 612 Å². The Morgan fingerprint density at radius 1 is 0.544 bits per heavy atom. The molecule has 0 spiro atoms. The van der Waals surface area contributed by atoms with E-state index in [1.54, 1.807) is 55.5 Å². The minimum Gasteiger partial charge on any atom is -0.445 e. The minimum absolute atomic E-state index is 0. The lowest BCUT2D eigenvalue weighted by atomic mass is 9.83. The van der Waals surface area contributed by atoms with E-state index in [1.165, 1.54) is 19.0 Å². The number of amides is 4. The van der Waals surface area contributed by atoms with E-state index in [-0.39, 0.29) is 46.3 Å². The van der Waals surface area contributed by atoms with Crippen molar-refractivity contribution in [3.8, 4) is 0 Å². The van der Waals surface area contributed by atoms with Gasteiger partial charge in [0.15, 0.2) is 43.8 Å². The second-order valence-electron chi connectivity index (χ2n) is 27.0. The molecule has 0 aromatic heterocycles. The summed E-state index contributed by atoms with van der Waals surface area (Å²) < 4.78 is 76.8. The predicted molar refractivity (Wildman–Crippen MR) is 347 cm³/mol. The fraction of sp³-hybridized carbons (Fsp3) is 0.750. The molecule has 18 unspecified atom stereocenters. The van der Waals surface area contributed by atoms with E-state index in [9.17, 15) is 80.5 Å². The van der Waals surface area contributed by atoms with Gasteiger partial charge in [-0.15, -0.1) is 0 Å². The van der Waals surface area contributed by atoms with Crippen LogP contribution in [0.3, 0.4) is 0 Å². The van der Waals surface area contributed by atoms with Crippen LogP contribution in [0.4, 0.5) is 14.4 Å². The van der Waals surface area contributed by atoms with Crippen LogP contribution in [0.5, 0.6) is 0 Å². The van der Waals surface area contributed by atoms with E-state index in [2.05, 4.69) is 21.3 Å². The summed E-state index contributed by atoms with van der Waals surface area (Å²) in [6, 6.07) is 9.23. The van der Waals surface area contributed by atoms with Crippen molar-refractivity contribution in [2.45, 2.75) is 261 Å². The Kier molecular flexibility index (Phi) is 28.5. The zero-order valence-corrected chi connectivity index (χ0v) is 56.0. The van der Waals surface area contributed by atoms with E-state index in [4.69, 9.17) is 90.2 Å². The summed E-state index contributed by atoms with van der Waals surface area (Å²) in [5.74, 6) is -1.41. The Labute approximate surface area is 592 Å². The molecule has 2 aromatic carbocycles. The third-order valence-corrected chi connectivity index (χ3v) is 20.0. The van der Waals surface area contributed by atoms with Gasteiger partial charge in [-0.05, 0) is 43.9 Å². The standard InChI is InChI=1S/C39H52N4O16.C24H46N6O13.CH4/c1-18-13-23-32(33-26(43(2)39(51)58-33)35(54-23)59-36-30(48)28(46)25(40)24(15-44)55-36)57-34(18)56-31-22(42-38(50)53-17-20-11-7-4-8-12-20)14-21(27(45)29(31)47)41-37(49)52-16-19-9-5-3-6-10-19;1-29-13-16(35)20-10(3-8(28)22(42-20)41-19-7(27)2-6(26)14(33)17(19)36)39-23(13)43-24-18(37)15(34)12(11(5-31)40-24)30-21(38)9(32)4-25;/h3-12,18,21-36,44-48H,13-17,40H2,1-2H3,(H,41,49)(H,42,50);6-20,22-24,29,31-37H,2-5,25-28H2,1H3,(H,30,38);1H4/t18?,21-,22?,23+,24?,25-,26?,27?,28+,29-,30?,31-,32?,33?,34+,35?,36-;6-,7?,8?,9+,10+,11?,12-,13?,14?,15+,16?,17-,18?,19-,20?,22+,23?,24-;/m11./s1. The number of nitrogens with zero attached hydrogens (tertiary/aromatic N) is 1. The van der Waals surface area contributed by atoms with E-state index < -0.39 is 258 Å². The Morgan fingerprint density at radius 2 is 1.09 bits per heavy atom. The highest BCUT2D eigenvalue weighted by Crippen LogP contribution is 2.43. The number of benzene rings is 2. The van der Waals surface area contributed by atoms with E-state index in [0.29, 0.717) is 0 Å². The summed E-state index contributed by atoms with van der Waals surface area (Å²) in [7, 11) is 2.97. The molecule has 0 bridgehead atoms. The maximum atomic E-state index is 13.2. The Morgan fingerprint density at radius 3 is 1.69 bits per heavy atom. The number of aliphatic hydroxyl groups is 12. The molecule has 9 fully saturated rings. The van der Waals surface area contributed by atoms with Crippen molar-refractivity contribution in [1.29, 1.82) is 0 Å². The fourth-order valence-electron chi connectivity index (χ4n) is 14.2. The van der Waals surface area contributed by atoms with Crippen LogP contribution in [-0.2, 0) is 79.6 Å². The second-order valence-corrected chi connectivity index (χ2v) is 27.0. The number of rotatable bonds is 20. The molecule has 7 aliphatic heterocycles. The maximum Gasteiger partial charge on any atom is 0.410 e. The highest BCUT2D eigenvalue weighted by atomic mass is 16.8. The first-order chi connectivity index (χ1) is 48.6. The molecule has 4 amide bonds. The van der Waals surface area contributed by atoms with Crippen molar-refractivity contribution in [3.63, 3.8) is 0 Å². The second kappa shape index (κ2) is 36.0. The number of carbonyl (C=O) groups excluding carboxylic acids is 4. The van der Waals surface area contributed by atoms with Crippen LogP contribution in [0, 0.1) is 5.92 Å². The molecule has 39 nitrogen and oxygen atoms in total. The van der Waals surface area contributed by atoms with E-state index in [1.807, 2.05) is 12.1 Å². The molecule has 103 heavy (non-hydrogen) atoms. The van der Waals surface area contributed by atoms with Gasteiger partial charge in [-0.3, -0.25) is 9.69 Å². The lowest BCUT2D eigenvalue weighted by Gasteiger charge is -2.51. The van der Waals surface area contributed by atoms with Crippen LogP contribution in [0.2, 0.25) is 0 Å². The van der Waals surface area contributed by atoms with Crippen LogP contribution >= 0.6 is 0 Å². The highest BCUT2D eigenvalue weighted by molar-refractivity contribution is 5.81. The number of nitrogens with one attached hydrogen (secondary N) is 4. The van der Waals surface area contributed by atoms with Crippen molar-refractivity contribution in [2.24, 2.45) is 34.6 Å².